The van der Waals surface area contributed by atoms with E-state index in [2.05, 4.69) is 62.4 Å². The van der Waals surface area contributed by atoms with Crippen molar-refractivity contribution in [3.8, 4) is 17.1 Å². The van der Waals surface area contributed by atoms with E-state index in [0.29, 0.717) is 5.75 Å². The van der Waals surface area contributed by atoms with Gasteiger partial charge in [0, 0.05) is 36.1 Å². The molecule has 30 heavy (non-hydrogen) atoms. The standard InChI is InChI=1S/C23H20N6S/c1-16-7-3-4-10-20(16)29-22(18-9-5-11-24-13-18)26-27-23(29)30-15-19-14-28-12-6-8-17(2)21(28)25-19/h3-14H,15H2,1-2H3. The molecule has 0 amide bonds. The van der Waals surface area contributed by atoms with E-state index in [1.165, 1.54) is 0 Å². The van der Waals surface area contributed by atoms with Crippen molar-refractivity contribution in [3.63, 3.8) is 0 Å². The van der Waals surface area contributed by atoms with Crippen LogP contribution in [-0.2, 0) is 5.75 Å². The predicted molar refractivity (Wildman–Crippen MR) is 119 cm³/mol. The van der Waals surface area contributed by atoms with Gasteiger partial charge in [-0.25, -0.2) is 4.98 Å². The van der Waals surface area contributed by atoms with E-state index >= 15 is 0 Å². The van der Waals surface area contributed by atoms with Gasteiger partial charge in [0.1, 0.15) is 5.65 Å². The van der Waals surface area contributed by atoms with Gasteiger partial charge in [-0.2, -0.15) is 0 Å². The molecule has 4 aromatic heterocycles. The first kappa shape index (κ1) is 18.6. The second-order valence-corrected chi connectivity index (χ2v) is 8.06. The van der Waals surface area contributed by atoms with E-state index in [1.54, 1.807) is 18.0 Å². The summed E-state index contributed by atoms with van der Waals surface area (Å²) in [6, 6.07) is 16.3. The summed E-state index contributed by atoms with van der Waals surface area (Å²) in [5.41, 5.74) is 6.32. The third-order valence-corrected chi connectivity index (χ3v) is 5.95. The molecule has 0 spiro atoms. The highest BCUT2D eigenvalue weighted by molar-refractivity contribution is 7.98. The van der Waals surface area contributed by atoms with Crippen molar-refractivity contribution in [1.29, 1.82) is 0 Å². The highest BCUT2D eigenvalue weighted by atomic mass is 32.2. The SMILES string of the molecule is Cc1ccccc1-n1c(SCc2cn3cccc(C)c3n2)nnc1-c1cccnc1. The number of benzene rings is 1. The Morgan fingerprint density at radius 2 is 1.80 bits per heavy atom. The molecule has 0 atom stereocenters. The van der Waals surface area contributed by atoms with Gasteiger partial charge < -0.3 is 4.40 Å². The lowest BCUT2D eigenvalue weighted by molar-refractivity contribution is 0.879. The average Bonchev–Trinajstić information content (AvgIpc) is 3.38. The zero-order chi connectivity index (χ0) is 20.5. The third-order valence-electron chi connectivity index (χ3n) is 4.99. The van der Waals surface area contributed by atoms with Gasteiger partial charge in [0.2, 0.25) is 0 Å². The Kier molecular flexibility index (Phi) is 4.80. The number of fused-ring (bicyclic) bond motifs is 1. The molecule has 0 saturated carbocycles. The number of nitrogens with zero attached hydrogens (tertiary/aromatic N) is 6. The molecule has 0 aliphatic heterocycles. The van der Waals surface area contributed by atoms with Gasteiger partial charge in [-0.1, -0.05) is 36.0 Å². The van der Waals surface area contributed by atoms with Crippen LogP contribution in [0.25, 0.3) is 22.7 Å². The van der Waals surface area contributed by atoms with Crippen molar-refractivity contribution in [2.45, 2.75) is 24.8 Å². The first-order valence-corrected chi connectivity index (χ1v) is 10.7. The number of hydrogen-bond acceptors (Lipinski definition) is 5. The summed E-state index contributed by atoms with van der Waals surface area (Å²) in [4.78, 5) is 9.04. The van der Waals surface area contributed by atoms with E-state index in [4.69, 9.17) is 4.98 Å². The molecule has 1 aromatic carbocycles. The van der Waals surface area contributed by atoms with Crippen molar-refractivity contribution in [3.05, 3.63) is 90.1 Å². The van der Waals surface area contributed by atoms with Crippen LogP contribution in [0.5, 0.6) is 0 Å². The number of aromatic nitrogens is 6. The molecule has 0 N–H and O–H groups in total. The minimum atomic E-state index is 0.707. The molecule has 0 fully saturated rings. The maximum Gasteiger partial charge on any atom is 0.196 e. The number of hydrogen-bond donors (Lipinski definition) is 0. The molecule has 5 rings (SSSR count). The minimum absolute atomic E-state index is 0.707. The van der Waals surface area contributed by atoms with Crippen LogP contribution in [0.4, 0.5) is 0 Å². The van der Waals surface area contributed by atoms with Gasteiger partial charge in [-0.15, -0.1) is 10.2 Å². The van der Waals surface area contributed by atoms with E-state index in [1.807, 2.05) is 42.7 Å². The number of imidazole rings is 1. The molecular weight excluding hydrogens is 392 g/mol. The molecule has 0 aliphatic carbocycles. The summed E-state index contributed by atoms with van der Waals surface area (Å²) in [6.45, 7) is 4.18. The fourth-order valence-corrected chi connectivity index (χ4v) is 4.32. The van der Waals surface area contributed by atoms with Crippen molar-refractivity contribution in [1.82, 2.24) is 29.1 Å². The Balaban J connectivity index is 1.54. The normalized spacial score (nSPS) is 11.3. The highest BCUT2D eigenvalue weighted by Gasteiger charge is 2.18. The molecular formula is C23H20N6S. The topological polar surface area (TPSA) is 60.9 Å². The second kappa shape index (κ2) is 7.76. The van der Waals surface area contributed by atoms with Crippen molar-refractivity contribution >= 4 is 17.4 Å². The molecule has 0 bridgehead atoms. The lowest BCUT2D eigenvalue weighted by atomic mass is 10.2. The Morgan fingerprint density at radius 3 is 2.60 bits per heavy atom. The quantitative estimate of drug-likeness (QED) is 0.385. The Morgan fingerprint density at radius 1 is 0.933 bits per heavy atom. The number of aryl methyl sites for hydroxylation is 2. The van der Waals surface area contributed by atoms with Crippen molar-refractivity contribution in [2.75, 3.05) is 0 Å². The Labute approximate surface area is 178 Å². The average molecular weight is 413 g/mol. The maximum atomic E-state index is 4.79. The van der Waals surface area contributed by atoms with E-state index in [-0.39, 0.29) is 0 Å². The first-order valence-electron chi connectivity index (χ1n) is 9.68. The number of rotatable bonds is 5. The van der Waals surface area contributed by atoms with Crippen LogP contribution < -0.4 is 0 Å². The molecule has 148 valence electrons. The lowest BCUT2D eigenvalue weighted by Gasteiger charge is -2.12. The zero-order valence-corrected chi connectivity index (χ0v) is 17.5. The first-order chi connectivity index (χ1) is 14.7. The van der Waals surface area contributed by atoms with Gasteiger partial charge in [0.15, 0.2) is 11.0 Å². The van der Waals surface area contributed by atoms with Gasteiger partial charge >= 0.3 is 0 Å². The summed E-state index contributed by atoms with van der Waals surface area (Å²) < 4.78 is 4.18. The van der Waals surface area contributed by atoms with Crippen molar-refractivity contribution < 1.29 is 0 Å². The zero-order valence-electron chi connectivity index (χ0n) is 16.7. The largest absolute Gasteiger partial charge is 0.307 e. The Hall–Kier alpha value is -3.45. The van der Waals surface area contributed by atoms with Crippen LogP contribution >= 0.6 is 11.8 Å². The Bertz CT molecular complexity index is 1320. The number of para-hydroxylation sites is 1. The molecule has 4 heterocycles. The summed E-state index contributed by atoms with van der Waals surface area (Å²) in [7, 11) is 0. The summed E-state index contributed by atoms with van der Waals surface area (Å²) >= 11 is 1.63. The molecule has 0 saturated heterocycles. The molecule has 6 nitrogen and oxygen atoms in total. The van der Waals surface area contributed by atoms with Crippen LogP contribution in [0, 0.1) is 13.8 Å². The summed E-state index contributed by atoms with van der Waals surface area (Å²) in [6.07, 6.45) is 7.68. The van der Waals surface area contributed by atoms with Crippen LogP contribution in [0.2, 0.25) is 0 Å². The molecule has 7 heteroatoms. The molecule has 0 radical (unpaired) electrons. The third kappa shape index (κ3) is 3.37. The fraction of sp³-hybridized carbons (Fsp3) is 0.130. The number of thioether (sulfide) groups is 1. The van der Waals surface area contributed by atoms with Crippen LogP contribution in [-0.4, -0.2) is 29.1 Å². The van der Waals surface area contributed by atoms with Gasteiger partial charge in [0.05, 0.1) is 11.4 Å². The van der Waals surface area contributed by atoms with Crippen LogP contribution in [0.15, 0.2) is 78.5 Å². The van der Waals surface area contributed by atoms with E-state index < -0.39 is 0 Å². The summed E-state index contributed by atoms with van der Waals surface area (Å²) in [5, 5.41) is 9.84. The fourth-order valence-electron chi connectivity index (χ4n) is 3.49. The van der Waals surface area contributed by atoms with Crippen LogP contribution in [0.1, 0.15) is 16.8 Å². The van der Waals surface area contributed by atoms with Gasteiger partial charge in [-0.05, 0) is 49.2 Å². The maximum absolute atomic E-state index is 4.79. The van der Waals surface area contributed by atoms with E-state index in [0.717, 1.165) is 44.7 Å². The van der Waals surface area contributed by atoms with Crippen molar-refractivity contribution in [2.24, 2.45) is 0 Å². The lowest BCUT2D eigenvalue weighted by Crippen LogP contribution is -2.02. The second-order valence-electron chi connectivity index (χ2n) is 7.11. The predicted octanol–water partition coefficient (Wildman–Crippen LogP) is 4.89. The van der Waals surface area contributed by atoms with E-state index in [9.17, 15) is 0 Å². The monoisotopic (exact) mass is 412 g/mol. The molecule has 0 aliphatic rings. The smallest absolute Gasteiger partial charge is 0.196 e. The minimum Gasteiger partial charge on any atom is -0.307 e. The molecule has 5 aromatic rings. The van der Waals surface area contributed by atoms with Crippen LogP contribution in [0.3, 0.4) is 0 Å². The van der Waals surface area contributed by atoms with Gasteiger partial charge in [0.25, 0.3) is 0 Å². The summed E-state index contributed by atoms with van der Waals surface area (Å²) in [5.74, 6) is 1.49. The van der Waals surface area contributed by atoms with Gasteiger partial charge in [-0.3, -0.25) is 9.55 Å². The number of pyridine rings is 2. The highest BCUT2D eigenvalue weighted by Crippen LogP contribution is 2.30. The molecule has 0 unspecified atom stereocenters.